The highest BCUT2D eigenvalue weighted by molar-refractivity contribution is 5.91. The van der Waals surface area contributed by atoms with Crippen molar-refractivity contribution in [3.8, 4) is 0 Å². The summed E-state index contributed by atoms with van der Waals surface area (Å²) < 4.78 is 0. The molecule has 8 unspecified atom stereocenters. The molecule has 0 aliphatic heterocycles. The summed E-state index contributed by atoms with van der Waals surface area (Å²) in [6.07, 6.45) is 12.2. The van der Waals surface area contributed by atoms with Gasteiger partial charge in [-0.3, -0.25) is 9.59 Å². The molecule has 0 bridgehead atoms. The van der Waals surface area contributed by atoms with Crippen molar-refractivity contribution in [2.45, 2.75) is 64.2 Å². The Kier molecular flexibility index (Phi) is 3.07. The fourth-order valence-electron chi connectivity index (χ4n) is 7.58. The topological polar surface area (TPSA) is 34.1 Å². The fourth-order valence-corrected chi connectivity index (χ4v) is 7.58. The highest BCUT2D eigenvalue weighted by Gasteiger charge is 2.62. The Bertz CT molecular complexity index is 510. The van der Waals surface area contributed by atoms with E-state index in [0.717, 1.165) is 19.3 Å². The molecule has 8 atom stereocenters. The molecule has 2 nitrogen and oxygen atoms in total. The molecule has 5 rings (SSSR count). The van der Waals surface area contributed by atoms with Crippen LogP contribution in [0.4, 0.5) is 0 Å². The van der Waals surface area contributed by atoms with Crippen LogP contribution in [0.2, 0.25) is 0 Å². The van der Waals surface area contributed by atoms with Crippen LogP contribution >= 0.6 is 0 Å². The van der Waals surface area contributed by atoms with Crippen LogP contribution in [0.1, 0.15) is 64.2 Å². The zero-order valence-electron chi connectivity index (χ0n) is 13.5. The van der Waals surface area contributed by atoms with Crippen molar-refractivity contribution in [2.24, 2.45) is 47.3 Å². The number of Topliss-reactive ketones (excluding diaryl/α,β-unsaturated/α-hetero) is 2. The maximum absolute atomic E-state index is 13.2. The van der Waals surface area contributed by atoms with Gasteiger partial charge in [0.25, 0.3) is 0 Å². The van der Waals surface area contributed by atoms with Gasteiger partial charge < -0.3 is 0 Å². The van der Waals surface area contributed by atoms with Crippen molar-refractivity contribution in [1.29, 1.82) is 0 Å². The molecule has 0 aromatic carbocycles. The van der Waals surface area contributed by atoms with Crippen LogP contribution in [0.25, 0.3) is 0 Å². The zero-order valence-corrected chi connectivity index (χ0v) is 13.5. The third kappa shape index (κ3) is 1.67. The molecule has 2 heteroatoms. The lowest BCUT2D eigenvalue weighted by molar-refractivity contribution is -0.129. The quantitative estimate of drug-likeness (QED) is 0.677. The smallest absolute Gasteiger partial charge is 0.139 e. The summed E-state index contributed by atoms with van der Waals surface area (Å²) in [5.74, 6) is 4.77. The Balaban J connectivity index is 1.52. The number of carbonyl (C=O) groups is 2. The van der Waals surface area contributed by atoms with Crippen LogP contribution < -0.4 is 0 Å². The Morgan fingerprint density at radius 3 is 1.95 bits per heavy atom. The number of ketones is 2. The van der Waals surface area contributed by atoms with Crippen molar-refractivity contribution < 1.29 is 9.59 Å². The second kappa shape index (κ2) is 4.92. The SMILES string of the molecule is O=C1C2CCCCC2C2C1CCC1C3CCCCC3C(=O)C12. The predicted molar refractivity (Wildman–Crippen MR) is 84.1 cm³/mol. The van der Waals surface area contributed by atoms with Gasteiger partial charge in [-0.05, 0) is 62.2 Å². The number of hydrogen-bond acceptors (Lipinski definition) is 2. The largest absolute Gasteiger partial charge is 0.299 e. The molecule has 0 amide bonds. The molecule has 5 aliphatic rings. The van der Waals surface area contributed by atoms with Gasteiger partial charge in [0, 0.05) is 23.7 Å². The number of hydrogen-bond donors (Lipinski definition) is 0. The monoisotopic (exact) mass is 300 g/mol. The first-order valence-corrected chi connectivity index (χ1v) is 9.85. The summed E-state index contributed by atoms with van der Waals surface area (Å²) >= 11 is 0. The summed E-state index contributed by atoms with van der Waals surface area (Å²) in [4.78, 5) is 26.1. The van der Waals surface area contributed by atoms with Crippen LogP contribution in [0.15, 0.2) is 0 Å². The van der Waals surface area contributed by atoms with E-state index in [2.05, 4.69) is 0 Å². The van der Waals surface area contributed by atoms with E-state index in [1.807, 2.05) is 0 Å². The van der Waals surface area contributed by atoms with E-state index in [1.165, 1.54) is 44.9 Å². The summed E-state index contributed by atoms with van der Waals surface area (Å²) in [5, 5.41) is 0. The molecule has 5 fully saturated rings. The second-order valence-electron chi connectivity index (χ2n) is 8.87. The van der Waals surface area contributed by atoms with E-state index in [1.54, 1.807) is 0 Å². The van der Waals surface area contributed by atoms with E-state index in [-0.39, 0.29) is 11.8 Å². The highest BCUT2D eigenvalue weighted by atomic mass is 16.1. The zero-order chi connectivity index (χ0) is 14.8. The average molecular weight is 300 g/mol. The Labute approximate surface area is 133 Å². The van der Waals surface area contributed by atoms with Crippen molar-refractivity contribution in [3.63, 3.8) is 0 Å². The molecule has 0 N–H and O–H groups in total. The van der Waals surface area contributed by atoms with Crippen LogP contribution in [0, 0.1) is 47.3 Å². The lowest BCUT2D eigenvalue weighted by atomic mass is 9.63. The third-order valence-electron chi connectivity index (χ3n) is 8.26. The molecule has 5 aliphatic carbocycles. The minimum absolute atomic E-state index is 0.262. The average Bonchev–Trinajstić information content (AvgIpc) is 3.02. The van der Waals surface area contributed by atoms with E-state index >= 15 is 0 Å². The van der Waals surface area contributed by atoms with Gasteiger partial charge in [0.1, 0.15) is 11.6 Å². The molecule has 0 saturated heterocycles. The molecule has 0 spiro atoms. The Morgan fingerprint density at radius 2 is 1.18 bits per heavy atom. The molecule has 120 valence electrons. The number of carbonyl (C=O) groups excluding carboxylic acids is 2. The van der Waals surface area contributed by atoms with Crippen LogP contribution in [-0.4, -0.2) is 11.6 Å². The van der Waals surface area contributed by atoms with Gasteiger partial charge in [0.15, 0.2) is 0 Å². The van der Waals surface area contributed by atoms with Crippen molar-refractivity contribution in [1.82, 2.24) is 0 Å². The van der Waals surface area contributed by atoms with E-state index in [9.17, 15) is 9.59 Å². The van der Waals surface area contributed by atoms with Gasteiger partial charge in [-0.2, -0.15) is 0 Å². The van der Waals surface area contributed by atoms with E-state index in [0.29, 0.717) is 47.1 Å². The van der Waals surface area contributed by atoms with E-state index < -0.39 is 0 Å². The van der Waals surface area contributed by atoms with Gasteiger partial charge in [-0.15, -0.1) is 0 Å². The lowest BCUT2D eigenvalue weighted by Gasteiger charge is -2.40. The van der Waals surface area contributed by atoms with Gasteiger partial charge in [-0.25, -0.2) is 0 Å². The Hall–Kier alpha value is -0.660. The van der Waals surface area contributed by atoms with Gasteiger partial charge in [0.05, 0.1) is 0 Å². The van der Waals surface area contributed by atoms with Gasteiger partial charge in [0.2, 0.25) is 0 Å². The summed E-state index contributed by atoms with van der Waals surface area (Å²) in [7, 11) is 0. The predicted octanol–water partition coefficient (Wildman–Crippen LogP) is 4.02. The fraction of sp³-hybridized carbons (Fsp3) is 0.900. The molecular weight excluding hydrogens is 272 g/mol. The lowest BCUT2D eigenvalue weighted by Crippen LogP contribution is -2.38. The first kappa shape index (κ1) is 13.7. The van der Waals surface area contributed by atoms with Crippen LogP contribution in [0.3, 0.4) is 0 Å². The molecule has 22 heavy (non-hydrogen) atoms. The van der Waals surface area contributed by atoms with Crippen LogP contribution in [0.5, 0.6) is 0 Å². The maximum atomic E-state index is 13.2. The summed E-state index contributed by atoms with van der Waals surface area (Å²) in [6, 6.07) is 0. The maximum Gasteiger partial charge on any atom is 0.139 e. The molecule has 0 aromatic rings. The first-order chi connectivity index (χ1) is 10.8. The van der Waals surface area contributed by atoms with Gasteiger partial charge in [-0.1, -0.05) is 25.7 Å². The molecule has 0 aromatic heterocycles. The van der Waals surface area contributed by atoms with Crippen molar-refractivity contribution in [2.75, 3.05) is 0 Å². The normalized spacial score (nSPS) is 53.6. The summed E-state index contributed by atoms with van der Waals surface area (Å²) in [6.45, 7) is 0. The number of fused-ring (bicyclic) bond motifs is 7. The molecular formula is C20H28O2. The first-order valence-electron chi connectivity index (χ1n) is 9.85. The van der Waals surface area contributed by atoms with Crippen molar-refractivity contribution in [3.05, 3.63) is 0 Å². The minimum Gasteiger partial charge on any atom is -0.299 e. The minimum atomic E-state index is 0.262. The highest BCUT2D eigenvalue weighted by Crippen LogP contribution is 2.62. The standard InChI is InChI=1S/C20H28O2/c21-19-15-8-4-2-6-12(15)17-16(19)10-9-13-11-5-1-3-7-14(11)20(22)18(13)17/h11-18H,1-10H2. The molecule has 0 heterocycles. The van der Waals surface area contributed by atoms with Gasteiger partial charge >= 0.3 is 0 Å². The van der Waals surface area contributed by atoms with E-state index in [4.69, 9.17) is 0 Å². The Morgan fingerprint density at radius 1 is 0.545 bits per heavy atom. The van der Waals surface area contributed by atoms with Crippen LogP contribution in [-0.2, 0) is 9.59 Å². The third-order valence-corrected chi connectivity index (χ3v) is 8.26. The molecule has 0 radical (unpaired) electrons. The second-order valence-corrected chi connectivity index (χ2v) is 8.87. The summed E-state index contributed by atoms with van der Waals surface area (Å²) in [5.41, 5.74) is 0. The number of rotatable bonds is 0. The van der Waals surface area contributed by atoms with Crippen molar-refractivity contribution >= 4 is 11.6 Å². The molecule has 5 saturated carbocycles.